The number of amides is 1. The summed E-state index contributed by atoms with van der Waals surface area (Å²) in [6.07, 6.45) is 1.41. The number of rotatable bonds is 3. The molecule has 0 aliphatic carbocycles. The fourth-order valence-electron chi connectivity index (χ4n) is 2.86. The van der Waals surface area contributed by atoms with Gasteiger partial charge in [0.1, 0.15) is 5.75 Å². The lowest BCUT2D eigenvalue weighted by molar-refractivity contribution is -0.0392. The standard InChI is InChI=1S/C15H21ClN2O3/c1-17(2)9-15(21)6-3-7-18(10-15)14(20)12-5-4-11(16)8-13(12)19/h4-5,8,19,21H,3,6-7,9-10H2,1-2H3/t15-/m0/s1. The first kappa shape index (κ1) is 16.1. The highest BCUT2D eigenvalue weighted by atomic mass is 35.5. The molecule has 0 saturated carbocycles. The number of phenolic OH excluding ortho intramolecular Hbond substituents is 1. The smallest absolute Gasteiger partial charge is 0.257 e. The summed E-state index contributed by atoms with van der Waals surface area (Å²) < 4.78 is 0. The zero-order chi connectivity index (χ0) is 15.6. The van der Waals surface area contributed by atoms with Crippen molar-refractivity contribution < 1.29 is 15.0 Å². The second-order valence-corrected chi connectivity index (χ2v) is 6.39. The number of hydrogen-bond donors (Lipinski definition) is 2. The molecule has 21 heavy (non-hydrogen) atoms. The van der Waals surface area contributed by atoms with Crippen LogP contribution in [0.5, 0.6) is 5.75 Å². The topological polar surface area (TPSA) is 64.0 Å². The maximum atomic E-state index is 12.5. The fourth-order valence-corrected chi connectivity index (χ4v) is 3.03. The van der Waals surface area contributed by atoms with E-state index >= 15 is 0 Å². The summed E-state index contributed by atoms with van der Waals surface area (Å²) in [4.78, 5) is 16.0. The number of hydrogen-bond acceptors (Lipinski definition) is 4. The van der Waals surface area contributed by atoms with Gasteiger partial charge in [0, 0.05) is 18.1 Å². The number of likely N-dealkylation sites (tertiary alicyclic amines) is 1. The summed E-state index contributed by atoms with van der Waals surface area (Å²) in [6.45, 7) is 1.35. The van der Waals surface area contributed by atoms with Crippen molar-refractivity contribution in [2.75, 3.05) is 33.7 Å². The fraction of sp³-hybridized carbons (Fsp3) is 0.533. The normalized spacial score (nSPS) is 22.6. The molecule has 0 radical (unpaired) electrons. The van der Waals surface area contributed by atoms with Crippen LogP contribution in [0.2, 0.25) is 5.02 Å². The van der Waals surface area contributed by atoms with Crippen LogP contribution < -0.4 is 0 Å². The third-order valence-electron chi connectivity index (χ3n) is 3.64. The molecule has 2 N–H and O–H groups in total. The number of aromatic hydroxyl groups is 1. The quantitative estimate of drug-likeness (QED) is 0.889. The summed E-state index contributed by atoms with van der Waals surface area (Å²) in [5.41, 5.74) is -0.687. The van der Waals surface area contributed by atoms with E-state index in [4.69, 9.17) is 11.6 Å². The highest BCUT2D eigenvalue weighted by Crippen LogP contribution is 2.27. The number of halogens is 1. The third kappa shape index (κ3) is 3.87. The number of carbonyl (C=O) groups is 1. The number of β-amino-alcohol motifs (C(OH)–C–C–N with tert-alkyl or cyclic N) is 1. The molecule has 1 aromatic carbocycles. The monoisotopic (exact) mass is 312 g/mol. The van der Waals surface area contributed by atoms with Gasteiger partial charge in [-0.05, 0) is 45.1 Å². The van der Waals surface area contributed by atoms with E-state index in [-0.39, 0.29) is 23.8 Å². The van der Waals surface area contributed by atoms with Gasteiger partial charge in [0.05, 0.1) is 17.7 Å². The van der Waals surface area contributed by atoms with Crippen LogP contribution in [0.1, 0.15) is 23.2 Å². The van der Waals surface area contributed by atoms with E-state index in [1.54, 1.807) is 11.0 Å². The van der Waals surface area contributed by atoms with E-state index in [2.05, 4.69) is 0 Å². The SMILES string of the molecule is CN(C)C[C@@]1(O)CCCN(C(=O)c2ccc(Cl)cc2O)C1. The van der Waals surface area contributed by atoms with Crippen molar-refractivity contribution >= 4 is 17.5 Å². The molecule has 0 aromatic heterocycles. The molecule has 2 rings (SSSR count). The molecule has 1 saturated heterocycles. The van der Waals surface area contributed by atoms with E-state index < -0.39 is 5.60 Å². The Balaban J connectivity index is 2.15. The first-order valence-corrected chi connectivity index (χ1v) is 7.33. The van der Waals surface area contributed by atoms with Crippen LogP contribution in [-0.2, 0) is 0 Å². The molecular formula is C15H21ClN2O3. The highest BCUT2D eigenvalue weighted by Gasteiger charge is 2.36. The molecule has 1 aromatic rings. The Morgan fingerprint density at radius 2 is 2.19 bits per heavy atom. The third-order valence-corrected chi connectivity index (χ3v) is 3.88. The van der Waals surface area contributed by atoms with Crippen molar-refractivity contribution in [2.45, 2.75) is 18.4 Å². The van der Waals surface area contributed by atoms with Crippen LogP contribution >= 0.6 is 11.6 Å². The van der Waals surface area contributed by atoms with Crippen LogP contribution in [0, 0.1) is 0 Å². The largest absolute Gasteiger partial charge is 0.507 e. The average molecular weight is 313 g/mol. The molecule has 0 spiro atoms. The zero-order valence-electron chi connectivity index (χ0n) is 12.3. The highest BCUT2D eigenvalue weighted by molar-refractivity contribution is 6.30. The van der Waals surface area contributed by atoms with Crippen molar-refractivity contribution in [3.63, 3.8) is 0 Å². The van der Waals surface area contributed by atoms with E-state index in [1.807, 2.05) is 19.0 Å². The minimum absolute atomic E-state index is 0.130. The van der Waals surface area contributed by atoms with Crippen LogP contribution in [0.15, 0.2) is 18.2 Å². The molecule has 1 aliphatic heterocycles. The number of benzene rings is 1. The predicted octanol–water partition coefficient (Wildman–Crippen LogP) is 1.57. The summed E-state index contributed by atoms with van der Waals surface area (Å²) >= 11 is 5.78. The van der Waals surface area contributed by atoms with Gasteiger partial charge in [0.15, 0.2) is 0 Å². The number of carbonyl (C=O) groups excluding carboxylic acids is 1. The van der Waals surface area contributed by atoms with Crippen molar-refractivity contribution in [3.05, 3.63) is 28.8 Å². The number of likely N-dealkylation sites (N-methyl/N-ethyl adjacent to an activating group) is 1. The van der Waals surface area contributed by atoms with E-state index in [9.17, 15) is 15.0 Å². The first-order valence-electron chi connectivity index (χ1n) is 6.96. The van der Waals surface area contributed by atoms with Crippen LogP contribution in [0.4, 0.5) is 0 Å². The molecule has 6 heteroatoms. The Bertz CT molecular complexity index is 536. The maximum absolute atomic E-state index is 12.5. The maximum Gasteiger partial charge on any atom is 0.257 e. The summed E-state index contributed by atoms with van der Waals surface area (Å²) in [7, 11) is 3.79. The Labute approximate surface area is 129 Å². The molecular weight excluding hydrogens is 292 g/mol. The minimum atomic E-state index is -0.903. The first-order chi connectivity index (χ1) is 9.81. The van der Waals surface area contributed by atoms with E-state index in [0.717, 1.165) is 6.42 Å². The summed E-state index contributed by atoms with van der Waals surface area (Å²) in [6, 6.07) is 4.44. The van der Waals surface area contributed by atoms with Crippen molar-refractivity contribution in [3.8, 4) is 5.75 Å². The number of aliphatic hydroxyl groups is 1. The van der Waals surface area contributed by atoms with Gasteiger partial charge in [-0.1, -0.05) is 11.6 Å². The molecule has 0 bridgehead atoms. The van der Waals surface area contributed by atoms with E-state index in [1.165, 1.54) is 12.1 Å². The zero-order valence-corrected chi connectivity index (χ0v) is 13.1. The molecule has 116 valence electrons. The van der Waals surface area contributed by atoms with Gasteiger partial charge >= 0.3 is 0 Å². The van der Waals surface area contributed by atoms with Gasteiger partial charge < -0.3 is 20.0 Å². The van der Waals surface area contributed by atoms with Crippen LogP contribution in [0.3, 0.4) is 0 Å². The summed E-state index contributed by atoms with van der Waals surface area (Å²) in [5, 5.41) is 20.8. The Kier molecular flexibility index (Phi) is 4.76. The second kappa shape index (κ2) is 6.22. The van der Waals surface area contributed by atoms with Crippen molar-refractivity contribution in [1.29, 1.82) is 0 Å². The van der Waals surface area contributed by atoms with Gasteiger partial charge in [-0.15, -0.1) is 0 Å². The molecule has 1 aliphatic rings. The summed E-state index contributed by atoms with van der Waals surface area (Å²) in [5.74, 6) is -0.407. The van der Waals surface area contributed by atoms with E-state index in [0.29, 0.717) is 24.5 Å². The number of nitrogens with zero attached hydrogens (tertiary/aromatic N) is 2. The van der Waals surface area contributed by atoms with Crippen LogP contribution in [0.25, 0.3) is 0 Å². The lowest BCUT2D eigenvalue weighted by atomic mass is 9.92. The molecule has 1 atom stereocenters. The number of piperidine rings is 1. The number of phenols is 1. The second-order valence-electron chi connectivity index (χ2n) is 5.95. The Morgan fingerprint density at radius 3 is 2.81 bits per heavy atom. The van der Waals surface area contributed by atoms with Gasteiger partial charge in [-0.2, -0.15) is 0 Å². The van der Waals surface area contributed by atoms with Gasteiger partial charge in [-0.25, -0.2) is 0 Å². The Hall–Kier alpha value is -1.30. The van der Waals surface area contributed by atoms with Gasteiger partial charge in [-0.3, -0.25) is 4.79 Å². The lowest BCUT2D eigenvalue weighted by Crippen LogP contribution is -2.54. The van der Waals surface area contributed by atoms with Crippen molar-refractivity contribution in [1.82, 2.24) is 9.80 Å². The van der Waals surface area contributed by atoms with Gasteiger partial charge in [0.2, 0.25) is 0 Å². The lowest BCUT2D eigenvalue weighted by Gasteiger charge is -2.40. The Morgan fingerprint density at radius 1 is 1.48 bits per heavy atom. The van der Waals surface area contributed by atoms with Crippen molar-refractivity contribution in [2.24, 2.45) is 0 Å². The molecule has 1 fully saturated rings. The molecule has 1 heterocycles. The average Bonchev–Trinajstić information content (AvgIpc) is 2.36. The van der Waals surface area contributed by atoms with Gasteiger partial charge in [0.25, 0.3) is 5.91 Å². The molecule has 5 nitrogen and oxygen atoms in total. The minimum Gasteiger partial charge on any atom is -0.507 e. The predicted molar refractivity (Wildman–Crippen MR) is 81.8 cm³/mol. The molecule has 1 amide bonds. The van der Waals surface area contributed by atoms with Crippen LogP contribution in [-0.4, -0.2) is 65.3 Å². The molecule has 0 unspecified atom stereocenters.